The summed E-state index contributed by atoms with van der Waals surface area (Å²) in [5.41, 5.74) is 1.07. The van der Waals surface area contributed by atoms with E-state index in [2.05, 4.69) is 14.9 Å². The van der Waals surface area contributed by atoms with E-state index in [9.17, 15) is 9.90 Å². The zero-order valence-corrected chi connectivity index (χ0v) is 14.4. The van der Waals surface area contributed by atoms with Gasteiger partial charge in [0, 0.05) is 43.6 Å². The molecule has 1 aromatic heterocycles. The summed E-state index contributed by atoms with van der Waals surface area (Å²) in [6.45, 7) is 3.13. The van der Waals surface area contributed by atoms with Crippen LogP contribution in [0.5, 0.6) is 0 Å². The Balaban J connectivity index is 1.58. The molecule has 7 nitrogen and oxygen atoms in total. The Morgan fingerprint density at radius 2 is 1.96 bits per heavy atom. The first-order chi connectivity index (χ1) is 11.6. The third kappa shape index (κ3) is 3.84. The third-order valence-corrected chi connectivity index (χ3v) is 4.93. The van der Waals surface area contributed by atoms with Crippen molar-refractivity contribution in [1.82, 2.24) is 14.9 Å². The fraction of sp³-hybridized carbons (Fsp3) is 0.706. The Labute approximate surface area is 142 Å². The van der Waals surface area contributed by atoms with Crippen LogP contribution in [-0.2, 0) is 16.1 Å². The van der Waals surface area contributed by atoms with Crippen molar-refractivity contribution in [2.75, 3.05) is 25.1 Å². The molecule has 3 rings (SSSR count). The van der Waals surface area contributed by atoms with Gasteiger partial charge in [-0.2, -0.15) is 0 Å². The Bertz CT molecular complexity index is 551. The van der Waals surface area contributed by atoms with Gasteiger partial charge in [-0.15, -0.1) is 0 Å². The number of aliphatic hydroxyl groups excluding tert-OH is 1. The van der Waals surface area contributed by atoms with Crippen LogP contribution in [0.2, 0.25) is 0 Å². The molecule has 132 valence electrons. The van der Waals surface area contributed by atoms with Crippen LogP contribution in [0.25, 0.3) is 0 Å². The molecule has 0 aliphatic carbocycles. The standard InChI is InChI=1S/C17H26N4O3/c1-3-24-16(23)11-20(2)17-18-8-12(9-19-17)10-21-13-4-5-14(21)7-15(22)6-13/h8-9,13-15,22H,3-7,10-11H2,1-2H3/t13-,14+,15?. The number of nitrogens with zero attached hydrogens (tertiary/aromatic N) is 4. The molecule has 1 N–H and O–H groups in total. The molecular weight excluding hydrogens is 308 g/mol. The number of anilines is 1. The van der Waals surface area contributed by atoms with Gasteiger partial charge in [0.25, 0.3) is 0 Å². The summed E-state index contributed by atoms with van der Waals surface area (Å²) in [4.78, 5) is 24.4. The molecule has 1 unspecified atom stereocenters. The van der Waals surface area contributed by atoms with Gasteiger partial charge in [0.2, 0.25) is 5.95 Å². The molecule has 1 aromatic rings. The van der Waals surface area contributed by atoms with Crippen LogP contribution in [0, 0.1) is 0 Å². The van der Waals surface area contributed by atoms with Gasteiger partial charge in [-0.05, 0) is 32.6 Å². The Hall–Kier alpha value is -1.73. The van der Waals surface area contributed by atoms with E-state index >= 15 is 0 Å². The Morgan fingerprint density at radius 3 is 2.54 bits per heavy atom. The quantitative estimate of drug-likeness (QED) is 0.776. The number of hydrogen-bond acceptors (Lipinski definition) is 7. The van der Waals surface area contributed by atoms with Crippen molar-refractivity contribution in [3.05, 3.63) is 18.0 Å². The molecule has 2 bridgehead atoms. The average molecular weight is 334 g/mol. The molecular formula is C17H26N4O3. The molecule has 2 aliphatic rings. The number of aliphatic hydroxyl groups is 1. The maximum Gasteiger partial charge on any atom is 0.325 e. The van der Waals surface area contributed by atoms with Crippen molar-refractivity contribution < 1.29 is 14.6 Å². The highest BCUT2D eigenvalue weighted by Gasteiger charge is 2.39. The lowest BCUT2D eigenvalue weighted by atomic mass is 9.99. The highest BCUT2D eigenvalue weighted by molar-refractivity contribution is 5.74. The fourth-order valence-electron chi connectivity index (χ4n) is 3.81. The van der Waals surface area contributed by atoms with E-state index in [4.69, 9.17) is 4.74 Å². The van der Waals surface area contributed by atoms with Crippen molar-refractivity contribution in [2.45, 2.75) is 57.3 Å². The van der Waals surface area contributed by atoms with Crippen LogP contribution >= 0.6 is 0 Å². The second kappa shape index (κ2) is 7.44. The minimum atomic E-state index is -0.281. The van der Waals surface area contributed by atoms with E-state index < -0.39 is 0 Å². The van der Waals surface area contributed by atoms with Crippen LogP contribution in [0.4, 0.5) is 5.95 Å². The van der Waals surface area contributed by atoms with E-state index in [0.29, 0.717) is 24.6 Å². The van der Waals surface area contributed by atoms with Crippen LogP contribution in [0.15, 0.2) is 12.4 Å². The molecule has 0 saturated carbocycles. The number of rotatable bonds is 6. The SMILES string of the molecule is CCOC(=O)CN(C)c1ncc(CN2[C@@H]3CC[C@H]2CC(O)C3)cn1. The fourth-order valence-corrected chi connectivity index (χ4v) is 3.81. The maximum absolute atomic E-state index is 11.5. The van der Waals surface area contributed by atoms with E-state index in [1.54, 1.807) is 18.9 Å². The normalized spacial score (nSPS) is 26.4. The summed E-state index contributed by atoms with van der Waals surface area (Å²) >= 11 is 0. The van der Waals surface area contributed by atoms with E-state index in [1.807, 2.05) is 12.4 Å². The van der Waals surface area contributed by atoms with Gasteiger partial charge < -0.3 is 14.7 Å². The first-order valence-electron chi connectivity index (χ1n) is 8.68. The van der Waals surface area contributed by atoms with Gasteiger partial charge in [-0.25, -0.2) is 9.97 Å². The lowest BCUT2D eigenvalue weighted by Crippen LogP contribution is -2.44. The Kier molecular flexibility index (Phi) is 5.30. The second-order valence-corrected chi connectivity index (χ2v) is 6.73. The predicted molar refractivity (Wildman–Crippen MR) is 89.5 cm³/mol. The number of ether oxygens (including phenoxy) is 1. The maximum atomic E-state index is 11.5. The van der Waals surface area contributed by atoms with Gasteiger partial charge in [0.15, 0.2) is 0 Å². The first-order valence-corrected chi connectivity index (χ1v) is 8.68. The largest absolute Gasteiger partial charge is 0.465 e. The molecule has 0 aromatic carbocycles. The summed E-state index contributed by atoms with van der Waals surface area (Å²) in [7, 11) is 1.78. The summed E-state index contributed by atoms with van der Waals surface area (Å²) in [6.07, 6.45) is 7.60. The monoisotopic (exact) mass is 334 g/mol. The summed E-state index contributed by atoms with van der Waals surface area (Å²) < 4.78 is 4.93. The van der Waals surface area contributed by atoms with Gasteiger partial charge >= 0.3 is 5.97 Å². The smallest absolute Gasteiger partial charge is 0.325 e. The minimum absolute atomic E-state index is 0.140. The van der Waals surface area contributed by atoms with Crippen LogP contribution in [0.1, 0.15) is 38.2 Å². The summed E-state index contributed by atoms with van der Waals surface area (Å²) in [6, 6.07) is 0.954. The van der Waals surface area contributed by atoms with Crippen molar-refractivity contribution in [3.8, 4) is 0 Å². The number of carbonyl (C=O) groups excluding carboxylic acids is 1. The highest BCUT2D eigenvalue weighted by Crippen LogP contribution is 2.36. The van der Waals surface area contributed by atoms with Crippen molar-refractivity contribution in [2.24, 2.45) is 0 Å². The zero-order valence-electron chi connectivity index (χ0n) is 14.4. The first kappa shape index (κ1) is 17.1. The molecule has 2 saturated heterocycles. The minimum Gasteiger partial charge on any atom is -0.465 e. The van der Waals surface area contributed by atoms with Gasteiger partial charge in [0.05, 0.1) is 12.7 Å². The molecule has 24 heavy (non-hydrogen) atoms. The number of esters is 1. The van der Waals surface area contributed by atoms with Gasteiger partial charge in [-0.1, -0.05) is 0 Å². The molecule has 3 atom stereocenters. The predicted octanol–water partition coefficient (Wildman–Crippen LogP) is 0.964. The van der Waals surface area contributed by atoms with Crippen LogP contribution < -0.4 is 4.90 Å². The van der Waals surface area contributed by atoms with Crippen LogP contribution in [0.3, 0.4) is 0 Å². The second-order valence-electron chi connectivity index (χ2n) is 6.73. The van der Waals surface area contributed by atoms with Crippen molar-refractivity contribution >= 4 is 11.9 Å². The summed E-state index contributed by atoms with van der Waals surface area (Å²) in [5, 5.41) is 9.89. The number of aromatic nitrogens is 2. The lowest BCUT2D eigenvalue weighted by molar-refractivity contribution is -0.141. The number of piperidine rings is 1. The molecule has 2 aliphatic heterocycles. The van der Waals surface area contributed by atoms with E-state index in [-0.39, 0.29) is 18.6 Å². The highest BCUT2D eigenvalue weighted by atomic mass is 16.5. The Morgan fingerprint density at radius 1 is 1.33 bits per heavy atom. The lowest BCUT2D eigenvalue weighted by Gasteiger charge is -2.37. The molecule has 0 amide bonds. The topological polar surface area (TPSA) is 78.8 Å². The molecule has 2 fully saturated rings. The summed E-state index contributed by atoms with van der Waals surface area (Å²) in [5.74, 6) is 0.236. The molecule has 0 spiro atoms. The molecule has 0 radical (unpaired) electrons. The van der Waals surface area contributed by atoms with E-state index in [1.165, 1.54) is 12.8 Å². The van der Waals surface area contributed by atoms with E-state index in [0.717, 1.165) is 24.9 Å². The average Bonchev–Trinajstić information content (AvgIpc) is 2.78. The number of fused-ring (bicyclic) bond motifs is 2. The molecule has 7 heteroatoms. The van der Waals surface area contributed by atoms with Gasteiger partial charge in [0.1, 0.15) is 6.54 Å². The third-order valence-electron chi connectivity index (χ3n) is 4.93. The van der Waals surface area contributed by atoms with Crippen molar-refractivity contribution in [3.63, 3.8) is 0 Å². The zero-order chi connectivity index (χ0) is 17.1. The number of carbonyl (C=O) groups is 1. The number of likely N-dealkylation sites (N-methyl/N-ethyl adjacent to an activating group) is 1. The van der Waals surface area contributed by atoms with Crippen molar-refractivity contribution in [1.29, 1.82) is 0 Å². The number of hydrogen-bond donors (Lipinski definition) is 1. The molecule has 3 heterocycles. The van der Waals surface area contributed by atoms with Crippen LogP contribution in [-0.4, -0.2) is 64.3 Å². The van der Waals surface area contributed by atoms with Gasteiger partial charge in [-0.3, -0.25) is 9.69 Å².